The van der Waals surface area contributed by atoms with Crippen LogP contribution in [0.4, 0.5) is 0 Å². The van der Waals surface area contributed by atoms with Crippen LogP contribution in [-0.4, -0.2) is 49.0 Å². The summed E-state index contributed by atoms with van der Waals surface area (Å²) in [4.78, 5) is 13.3. The Bertz CT molecular complexity index is 524. The molecule has 0 spiro atoms. The van der Waals surface area contributed by atoms with Crippen molar-refractivity contribution in [3.63, 3.8) is 0 Å². The Kier molecular flexibility index (Phi) is 5.07. The topological polar surface area (TPSA) is 44.8 Å². The Morgan fingerprint density at radius 2 is 1.78 bits per heavy atom. The first-order chi connectivity index (χ1) is 11.0. The number of carbonyl (C=O) groups excluding carboxylic acids is 1. The molecule has 2 heterocycles. The molecule has 5 heteroatoms. The van der Waals surface area contributed by atoms with Gasteiger partial charge < -0.3 is 14.2 Å². The first-order valence-electron chi connectivity index (χ1n) is 8.44. The van der Waals surface area contributed by atoms with E-state index >= 15 is 0 Å². The number of hydrogen-bond acceptors (Lipinski definition) is 4. The van der Waals surface area contributed by atoms with Crippen molar-refractivity contribution in [3.05, 3.63) is 23.2 Å². The zero-order valence-corrected chi connectivity index (χ0v) is 15.2. The van der Waals surface area contributed by atoms with Gasteiger partial charge in [-0.1, -0.05) is 20.8 Å². The summed E-state index contributed by atoms with van der Waals surface area (Å²) in [7, 11) is 0.103. The van der Waals surface area contributed by atoms with Crippen molar-refractivity contribution in [2.45, 2.75) is 38.9 Å². The van der Waals surface area contributed by atoms with Crippen LogP contribution in [0.3, 0.4) is 0 Å². The third kappa shape index (κ3) is 3.77. The number of rotatable bonds is 3. The highest BCUT2D eigenvalue weighted by molar-refractivity contribution is 7.98. The number of allylic oxidation sites excluding steroid dienone is 3. The van der Waals surface area contributed by atoms with Crippen molar-refractivity contribution in [1.82, 2.24) is 0 Å². The lowest BCUT2D eigenvalue weighted by atomic mass is 9.85. The monoisotopic (exact) mass is 339 g/mol. The Morgan fingerprint density at radius 3 is 2.48 bits per heavy atom. The number of ether oxygens (including phenoxy) is 3. The number of hydrogen-bond donors (Lipinski definition) is 0. The molecule has 1 atom stereocenters. The zero-order valence-electron chi connectivity index (χ0n) is 14.4. The van der Waals surface area contributed by atoms with Crippen LogP contribution in [-0.2, 0) is 29.9 Å². The van der Waals surface area contributed by atoms with Gasteiger partial charge in [0.2, 0.25) is 5.78 Å². The number of carbonyl (C=O) groups is 1. The van der Waals surface area contributed by atoms with E-state index in [1.54, 1.807) is 0 Å². The Labute approximate surface area is 141 Å². The molecule has 3 aliphatic rings. The maximum absolute atomic E-state index is 13.3. The zero-order chi connectivity index (χ0) is 16.4. The van der Waals surface area contributed by atoms with Crippen molar-refractivity contribution >= 4 is 16.7 Å². The quantitative estimate of drug-likeness (QED) is 0.742. The van der Waals surface area contributed by atoms with Gasteiger partial charge in [0.25, 0.3) is 0 Å². The van der Waals surface area contributed by atoms with E-state index in [4.69, 9.17) is 14.2 Å². The van der Waals surface area contributed by atoms with Gasteiger partial charge in [-0.15, -0.1) is 0 Å². The van der Waals surface area contributed by atoms with Crippen LogP contribution in [0.1, 0.15) is 33.6 Å². The highest BCUT2D eigenvalue weighted by atomic mass is 32.2. The van der Waals surface area contributed by atoms with Crippen LogP contribution in [0.2, 0.25) is 0 Å². The average molecular weight is 339 g/mol. The maximum Gasteiger partial charge on any atom is 0.211 e. The number of Topliss-reactive ketones (excluding diaryl/α,β-unsaturated/α-hetero) is 1. The van der Waals surface area contributed by atoms with Gasteiger partial charge in [-0.25, -0.2) is 0 Å². The van der Waals surface area contributed by atoms with Gasteiger partial charge in [-0.3, -0.25) is 4.79 Å². The fraction of sp³-hybridized carbons (Fsp3) is 0.722. The van der Waals surface area contributed by atoms with Crippen LogP contribution in [0.15, 0.2) is 23.2 Å². The maximum atomic E-state index is 13.3. The van der Waals surface area contributed by atoms with Crippen LogP contribution in [0.5, 0.6) is 0 Å². The smallest absolute Gasteiger partial charge is 0.211 e. The minimum Gasteiger partial charge on any atom is -0.491 e. The van der Waals surface area contributed by atoms with Crippen molar-refractivity contribution in [3.8, 4) is 0 Å². The fourth-order valence-corrected chi connectivity index (χ4v) is 6.24. The highest BCUT2D eigenvalue weighted by Crippen LogP contribution is 2.35. The lowest BCUT2D eigenvalue weighted by Crippen LogP contribution is -2.47. The predicted octanol–water partition coefficient (Wildman–Crippen LogP) is 2.60. The van der Waals surface area contributed by atoms with Crippen molar-refractivity contribution in [1.29, 1.82) is 0 Å². The summed E-state index contributed by atoms with van der Waals surface area (Å²) in [5.74, 6) is 4.01. The summed E-state index contributed by atoms with van der Waals surface area (Å²) < 4.78 is 16.8. The van der Waals surface area contributed by atoms with Gasteiger partial charge in [0.15, 0.2) is 11.0 Å². The van der Waals surface area contributed by atoms with E-state index in [0.717, 1.165) is 54.7 Å². The molecule has 0 aromatic heterocycles. The minimum atomic E-state index is -0.0308. The molecule has 1 unspecified atom stereocenters. The molecule has 2 aliphatic heterocycles. The van der Waals surface area contributed by atoms with Gasteiger partial charge in [-0.2, -0.15) is 0 Å². The predicted molar refractivity (Wildman–Crippen MR) is 92.4 cm³/mol. The van der Waals surface area contributed by atoms with Crippen molar-refractivity contribution in [2.24, 2.45) is 5.41 Å². The summed E-state index contributed by atoms with van der Waals surface area (Å²) in [6.07, 6.45) is 3.48. The van der Waals surface area contributed by atoms with E-state index in [1.165, 1.54) is 0 Å². The summed E-state index contributed by atoms with van der Waals surface area (Å²) in [6.45, 7) is 9.32. The Morgan fingerprint density at radius 1 is 1.09 bits per heavy atom. The van der Waals surface area contributed by atoms with E-state index in [9.17, 15) is 4.79 Å². The second-order valence-corrected chi connectivity index (χ2v) is 9.69. The molecular formula is C18H27O4S+. The largest absolute Gasteiger partial charge is 0.491 e. The summed E-state index contributed by atoms with van der Waals surface area (Å²) in [6, 6.07) is 0. The molecular weight excluding hydrogens is 312 g/mol. The van der Waals surface area contributed by atoms with Crippen molar-refractivity contribution < 1.29 is 19.0 Å². The molecule has 4 nitrogen and oxygen atoms in total. The molecule has 0 amide bonds. The standard InChI is InChI=1S/C18H27O4S/c1-18(2,3)17(23-10-8-20-9-11-23)16(19)13-4-5-14-15(12-13)22-7-6-21-14/h12,17H,4-11H2,1-3H3/q+1. The lowest BCUT2D eigenvalue weighted by Gasteiger charge is -2.32. The minimum absolute atomic E-state index is 0.0308. The van der Waals surface area contributed by atoms with E-state index in [1.807, 2.05) is 6.08 Å². The van der Waals surface area contributed by atoms with Gasteiger partial charge in [0.05, 0.1) is 13.2 Å². The Hall–Kier alpha value is -0.940. The molecule has 0 aromatic rings. The van der Waals surface area contributed by atoms with Gasteiger partial charge >= 0.3 is 0 Å². The Balaban J connectivity index is 1.83. The first kappa shape index (κ1) is 16.9. The molecule has 23 heavy (non-hydrogen) atoms. The molecule has 1 fully saturated rings. The molecule has 0 radical (unpaired) electrons. The molecule has 3 rings (SSSR count). The second-order valence-electron chi connectivity index (χ2n) is 7.32. The van der Waals surface area contributed by atoms with Gasteiger partial charge in [0.1, 0.15) is 30.5 Å². The fourth-order valence-electron chi connectivity index (χ4n) is 3.44. The van der Waals surface area contributed by atoms with Gasteiger partial charge in [0, 0.05) is 28.3 Å². The van der Waals surface area contributed by atoms with Crippen LogP contribution >= 0.6 is 0 Å². The first-order valence-corrected chi connectivity index (χ1v) is 10.1. The summed E-state index contributed by atoms with van der Waals surface area (Å²) in [5, 5.41) is 0.0734. The van der Waals surface area contributed by atoms with E-state index in [2.05, 4.69) is 20.8 Å². The molecule has 1 saturated heterocycles. The second kappa shape index (κ2) is 6.89. The molecule has 0 aromatic carbocycles. The highest BCUT2D eigenvalue weighted by Gasteiger charge is 2.47. The normalized spacial score (nSPS) is 24.2. The van der Waals surface area contributed by atoms with E-state index in [0.29, 0.717) is 19.0 Å². The van der Waals surface area contributed by atoms with E-state index in [-0.39, 0.29) is 21.6 Å². The molecule has 0 saturated carbocycles. The number of ketones is 1. The van der Waals surface area contributed by atoms with Crippen molar-refractivity contribution in [2.75, 3.05) is 37.9 Å². The molecule has 1 aliphatic carbocycles. The molecule has 0 N–H and O–H groups in total. The molecule has 128 valence electrons. The lowest BCUT2D eigenvalue weighted by molar-refractivity contribution is -0.116. The average Bonchev–Trinajstić information content (AvgIpc) is 2.54. The van der Waals surface area contributed by atoms with Crippen LogP contribution in [0, 0.1) is 5.41 Å². The summed E-state index contributed by atoms with van der Waals surface area (Å²) >= 11 is 0. The third-order valence-electron chi connectivity index (χ3n) is 4.47. The van der Waals surface area contributed by atoms with Crippen LogP contribution < -0.4 is 0 Å². The van der Waals surface area contributed by atoms with E-state index < -0.39 is 0 Å². The van der Waals surface area contributed by atoms with Gasteiger partial charge in [-0.05, 0) is 12.5 Å². The van der Waals surface area contributed by atoms with Crippen LogP contribution in [0.25, 0.3) is 0 Å². The SMILES string of the molecule is CC(C)(C)C(C(=O)C1=CC2=C(CC1)OCCO2)[S+]1CCOCC1. The molecule has 0 bridgehead atoms. The third-order valence-corrected chi connectivity index (χ3v) is 7.44. The summed E-state index contributed by atoms with van der Waals surface area (Å²) in [5.41, 5.74) is 0.880.